The zero-order valence-electron chi connectivity index (χ0n) is 6.06. The molecule has 0 saturated heterocycles. The second-order valence-corrected chi connectivity index (χ2v) is 1.89. The molecule has 0 aromatic carbocycles. The Labute approximate surface area is 52.7 Å². The molecule has 50 valence electrons. The quantitative estimate of drug-likeness (QED) is 0.643. The van der Waals surface area contributed by atoms with Gasteiger partial charge in [-0.15, -0.1) is 0 Å². The third-order valence-electron chi connectivity index (χ3n) is 1.17. The summed E-state index contributed by atoms with van der Waals surface area (Å²) in [5.74, 6) is 0. The number of nitrogens with zero attached hydrogens (tertiary/aromatic N) is 1. The SMILES string of the molecule is Cc1[c-]c(=O)[nH]nc1C.[Rf]. The van der Waals surface area contributed by atoms with E-state index in [1.165, 1.54) is 0 Å². The second-order valence-electron chi connectivity index (χ2n) is 1.89. The Morgan fingerprint density at radius 2 is 2.10 bits per heavy atom. The molecule has 0 atom stereocenters. The molecular weight excluding hydrogens is 383 g/mol. The van der Waals surface area contributed by atoms with E-state index in [0.29, 0.717) is 0 Å². The average molecular weight is 390 g/mol. The van der Waals surface area contributed by atoms with Crippen LogP contribution >= 0.6 is 0 Å². The van der Waals surface area contributed by atoms with Crippen LogP contribution in [0.2, 0.25) is 0 Å². The van der Waals surface area contributed by atoms with Crippen molar-refractivity contribution in [2.24, 2.45) is 0 Å². The van der Waals surface area contributed by atoms with Crippen LogP contribution in [0.3, 0.4) is 0 Å². The van der Waals surface area contributed by atoms with Crippen molar-refractivity contribution in [3.8, 4) is 0 Å². The Kier molecular flexibility index (Phi) is 1.92. The first-order chi connectivity index (χ1) is 4.20. The average Bonchev–Trinajstić information content (AvgIpc) is 1.80. The van der Waals surface area contributed by atoms with Gasteiger partial charge in [0.25, 0.3) is 0 Å². The van der Waals surface area contributed by atoms with E-state index in [9.17, 15) is 4.79 Å². The predicted molar refractivity (Wildman–Crippen MR) is 33.2 cm³/mol. The van der Waals surface area contributed by atoms with Crippen molar-refractivity contribution in [2.75, 3.05) is 0 Å². The van der Waals surface area contributed by atoms with E-state index in [1.807, 2.05) is 6.92 Å². The van der Waals surface area contributed by atoms with Gasteiger partial charge in [0.05, 0.1) is 0 Å². The fourth-order valence-corrected chi connectivity index (χ4v) is 0.507. The first-order valence-corrected chi connectivity index (χ1v) is 2.65. The number of rotatable bonds is 0. The van der Waals surface area contributed by atoms with Crippen molar-refractivity contribution < 1.29 is 0 Å². The van der Waals surface area contributed by atoms with E-state index >= 15 is 0 Å². The van der Waals surface area contributed by atoms with E-state index in [-0.39, 0.29) is 5.56 Å². The third-order valence-corrected chi connectivity index (χ3v) is 1.17. The molecule has 0 aliphatic heterocycles. The summed E-state index contributed by atoms with van der Waals surface area (Å²) in [4.78, 5) is 10.5. The normalized spacial score (nSPS) is 8.60. The second kappa shape index (κ2) is 2.44. The van der Waals surface area contributed by atoms with Gasteiger partial charge in [0.15, 0.2) is 5.56 Å². The van der Waals surface area contributed by atoms with Gasteiger partial charge >= 0.3 is 0 Å². The van der Waals surface area contributed by atoms with Crippen LogP contribution in [-0.2, 0) is 0 Å². The summed E-state index contributed by atoms with van der Waals surface area (Å²) in [6, 6.07) is 2.56. The molecular formula is C6H7N2ORf-. The zero-order chi connectivity index (χ0) is 6.85. The number of hydrogen-bond donors (Lipinski definition) is 1. The Bertz CT molecular complexity index is 269. The number of aryl methyl sites for hydroxylation is 2. The molecule has 1 rings (SSSR count). The number of aromatic amines is 1. The van der Waals surface area contributed by atoms with Gasteiger partial charge in [0, 0.05) is 0 Å². The molecule has 0 amide bonds. The maximum absolute atomic E-state index is 10.5. The Morgan fingerprint density at radius 1 is 1.50 bits per heavy atom. The molecule has 1 heterocycles. The minimum absolute atomic E-state index is 0. The van der Waals surface area contributed by atoms with Crippen LogP contribution in [0.25, 0.3) is 0 Å². The molecule has 0 unspecified atom stereocenters. The van der Waals surface area contributed by atoms with Crippen molar-refractivity contribution in [2.45, 2.75) is 13.8 Å². The topological polar surface area (TPSA) is 45.8 Å². The van der Waals surface area contributed by atoms with E-state index in [0.717, 1.165) is 11.3 Å². The molecule has 0 spiro atoms. The fraction of sp³-hybridized carbons (Fsp3) is 0.333. The van der Waals surface area contributed by atoms with E-state index in [2.05, 4.69) is 16.3 Å². The molecule has 4 heteroatoms. The molecule has 0 bridgehead atoms. The van der Waals surface area contributed by atoms with Crippen molar-refractivity contribution >= 4 is 0 Å². The zero-order valence-corrected chi connectivity index (χ0v) is 12.5. The number of nitrogens with one attached hydrogen (secondary N) is 1. The van der Waals surface area contributed by atoms with Gasteiger partial charge < -0.3 is 0 Å². The predicted octanol–water partition coefficient (Wildman–Crippen LogP) is 0.187. The summed E-state index contributed by atoms with van der Waals surface area (Å²) in [6.45, 7) is 3.62. The van der Waals surface area contributed by atoms with Crippen molar-refractivity contribution in [3.05, 3.63) is 27.7 Å². The van der Waals surface area contributed by atoms with Crippen LogP contribution in [0.4, 0.5) is 0 Å². The Morgan fingerprint density at radius 3 is 2.50 bits per heavy atom. The summed E-state index contributed by atoms with van der Waals surface area (Å²) in [7, 11) is 0. The van der Waals surface area contributed by atoms with E-state index < -0.39 is 0 Å². The van der Waals surface area contributed by atoms with Crippen molar-refractivity contribution in [1.29, 1.82) is 0 Å². The fourth-order valence-electron chi connectivity index (χ4n) is 0.507. The smallest absolute Gasteiger partial charge is 0.171 e. The van der Waals surface area contributed by atoms with Gasteiger partial charge in [-0.2, -0.15) is 11.6 Å². The van der Waals surface area contributed by atoms with Crippen LogP contribution in [-0.4, -0.2) is 10.2 Å². The molecule has 0 saturated carbocycles. The van der Waals surface area contributed by atoms with E-state index in [1.54, 1.807) is 6.92 Å². The van der Waals surface area contributed by atoms with Gasteiger partial charge in [0.1, 0.15) is 0 Å². The summed E-state index contributed by atoms with van der Waals surface area (Å²) >= 11 is 0. The molecule has 10 heavy (non-hydrogen) atoms. The molecule has 0 radical (unpaired) electrons. The van der Waals surface area contributed by atoms with Crippen LogP contribution < -0.4 is 5.56 Å². The molecule has 0 aliphatic rings. The summed E-state index contributed by atoms with van der Waals surface area (Å²) in [5, 5.41) is 5.99. The molecule has 0 aliphatic carbocycles. The third kappa shape index (κ3) is 1.18. The minimum Gasteiger partial charge on any atom is -0.291 e. The first-order valence-electron chi connectivity index (χ1n) is 2.65. The Balaban J connectivity index is 0.000000810. The maximum atomic E-state index is 10.5. The number of H-pyrrole nitrogens is 1. The van der Waals surface area contributed by atoms with Crippen LogP contribution in [0.5, 0.6) is 0 Å². The number of aromatic nitrogens is 2. The van der Waals surface area contributed by atoms with Gasteiger partial charge in [0.2, 0.25) is 0 Å². The molecule has 3 nitrogen and oxygen atoms in total. The van der Waals surface area contributed by atoms with Crippen LogP contribution in [0.1, 0.15) is 11.3 Å². The van der Waals surface area contributed by atoms with Crippen molar-refractivity contribution in [1.82, 2.24) is 10.2 Å². The first kappa shape index (κ1) is 7.88. The van der Waals surface area contributed by atoms with Gasteiger partial charge in [-0.25, -0.2) is 0 Å². The van der Waals surface area contributed by atoms with Gasteiger partial charge in [-0.3, -0.25) is 15.0 Å². The van der Waals surface area contributed by atoms with Crippen LogP contribution in [0, 0.1) is 19.9 Å². The van der Waals surface area contributed by atoms with Gasteiger partial charge in [-0.05, 0) is 0 Å². The summed E-state index contributed by atoms with van der Waals surface area (Å²) in [6.07, 6.45) is 0. The minimum atomic E-state index is -0.266. The van der Waals surface area contributed by atoms with E-state index in [4.69, 9.17) is 0 Å². The van der Waals surface area contributed by atoms with Crippen molar-refractivity contribution in [3.63, 3.8) is 0 Å². The molecule has 1 aromatic rings. The largest absolute Gasteiger partial charge is 0.291 e. The monoisotopic (exact) mass is 390 g/mol. The summed E-state index contributed by atoms with van der Waals surface area (Å²) in [5.41, 5.74) is 1.35. The number of hydrogen-bond acceptors (Lipinski definition) is 2. The summed E-state index contributed by atoms with van der Waals surface area (Å²) < 4.78 is 0. The Hall–Kier alpha value is -2.12. The standard InChI is InChI=1S/C6H7N2O.Rf/c1-4-3-6(9)8-7-5(4)2;/h1-2H3,(H,8,9);/q-1;. The molecule has 0 fully saturated rings. The molecule has 1 N–H and O–H groups in total. The molecule has 1 aromatic heterocycles. The van der Waals surface area contributed by atoms with Crippen LogP contribution in [0.15, 0.2) is 4.79 Å². The van der Waals surface area contributed by atoms with Gasteiger partial charge in [-0.1, -0.05) is 19.5 Å². The maximum Gasteiger partial charge on any atom is 0.171 e.